The normalized spacial score (nSPS) is 10.2. The summed E-state index contributed by atoms with van der Waals surface area (Å²) >= 11 is 0. The minimum absolute atomic E-state index is 0. The number of benzene rings is 4. The summed E-state index contributed by atoms with van der Waals surface area (Å²) in [6.07, 6.45) is 1.98. The van der Waals surface area contributed by atoms with Crippen LogP contribution in [0.2, 0.25) is 0 Å². The van der Waals surface area contributed by atoms with Gasteiger partial charge in [0.25, 0.3) is 5.97 Å². The third kappa shape index (κ3) is 9.23. The van der Waals surface area contributed by atoms with E-state index in [1.807, 2.05) is 0 Å². The smallest absolute Gasteiger partial charge is 0.300 e. The van der Waals surface area contributed by atoms with Gasteiger partial charge < -0.3 is 10.4 Å². The van der Waals surface area contributed by atoms with Crippen molar-refractivity contribution in [2.24, 2.45) is 0 Å². The molecule has 34 heavy (non-hydrogen) atoms. The number of carboxylic acids is 1. The second-order valence-electron chi connectivity index (χ2n) is 7.28. The fourth-order valence-corrected chi connectivity index (χ4v) is 7.67. The Hall–Kier alpha value is -2.17. The Morgan fingerprint density at radius 2 is 0.794 bits per heavy atom. The molecule has 3 nitrogen and oxygen atoms in total. The summed E-state index contributed by atoms with van der Waals surface area (Å²) in [6, 6.07) is 43.7. The van der Waals surface area contributed by atoms with Gasteiger partial charge in [-0.1, -0.05) is 121 Å². The largest absolute Gasteiger partial charge is 0.481 e. The van der Waals surface area contributed by atoms with Gasteiger partial charge in [0.1, 0.15) is 0 Å². The number of aliphatic carboxylic acids is 1. The van der Waals surface area contributed by atoms with Gasteiger partial charge in [-0.05, 0) is 37.1 Å². The van der Waals surface area contributed by atoms with Crippen LogP contribution in [0.15, 0.2) is 121 Å². The van der Waals surface area contributed by atoms with Gasteiger partial charge in [0, 0.05) is 39.9 Å². The minimum Gasteiger partial charge on any atom is -0.481 e. The molecule has 0 aliphatic carbocycles. The van der Waals surface area contributed by atoms with E-state index in [0.717, 1.165) is 19.5 Å². The maximum atomic E-state index is 9.00. The molecular weight excluding hydrogens is 551 g/mol. The second kappa shape index (κ2) is 15.7. The topological polar surface area (TPSA) is 49.3 Å². The number of carboxylic acid groups (broad SMARTS) is 1. The number of hydrogen-bond acceptors (Lipinski definition) is 2. The molecule has 178 valence electrons. The van der Waals surface area contributed by atoms with Crippen LogP contribution >= 0.6 is 15.8 Å². The molecule has 2 N–H and O–H groups in total. The van der Waals surface area contributed by atoms with E-state index in [1.54, 1.807) is 0 Å². The Morgan fingerprint density at radius 3 is 1.00 bits per heavy atom. The Balaban J connectivity index is 0.000000758. The Morgan fingerprint density at radius 1 is 0.588 bits per heavy atom. The molecule has 0 heterocycles. The molecule has 0 spiro atoms. The van der Waals surface area contributed by atoms with Crippen LogP contribution in [0.1, 0.15) is 6.92 Å². The number of rotatable bonds is 8. The molecular formula is C28H29NO2P2Pd. The molecule has 0 radical (unpaired) electrons. The summed E-state index contributed by atoms with van der Waals surface area (Å²) in [7, 11) is -0.840. The van der Waals surface area contributed by atoms with Gasteiger partial charge in [-0.3, -0.25) is 4.79 Å². The average Bonchev–Trinajstić information content (AvgIpc) is 2.86. The fourth-order valence-electron chi connectivity index (χ4n) is 3.37. The third-order valence-electron chi connectivity index (χ3n) is 4.81. The summed E-state index contributed by atoms with van der Waals surface area (Å²) < 4.78 is 0. The Kier molecular flexibility index (Phi) is 12.9. The maximum Gasteiger partial charge on any atom is 0.300 e. The molecule has 0 aliphatic rings. The molecule has 0 unspecified atom stereocenters. The van der Waals surface area contributed by atoms with Crippen LogP contribution in [-0.2, 0) is 25.2 Å². The first kappa shape index (κ1) is 28.1. The van der Waals surface area contributed by atoms with Crippen LogP contribution in [0, 0.1) is 0 Å². The van der Waals surface area contributed by atoms with Crippen LogP contribution in [0.4, 0.5) is 0 Å². The molecule has 0 atom stereocenters. The van der Waals surface area contributed by atoms with Crippen LogP contribution < -0.4 is 26.5 Å². The molecule has 4 rings (SSSR count). The molecule has 0 aliphatic heterocycles. The van der Waals surface area contributed by atoms with Crippen LogP contribution in [0.5, 0.6) is 0 Å². The molecule has 0 saturated heterocycles. The van der Waals surface area contributed by atoms with Crippen LogP contribution in [-0.4, -0.2) is 23.6 Å². The predicted octanol–water partition coefficient (Wildman–Crippen LogP) is 4.85. The quantitative estimate of drug-likeness (QED) is 0.232. The molecule has 0 saturated carbocycles. The zero-order chi connectivity index (χ0) is 23.3. The van der Waals surface area contributed by atoms with Crippen molar-refractivity contribution >= 4 is 43.0 Å². The summed E-state index contributed by atoms with van der Waals surface area (Å²) in [5.41, 5.74) is 0. The van der Waals surface area contributed by atoms with Gasteiger partial charge in [0.15, 0.2) is 0 Å². The first-order chi connectivity index (χ1) is 16.1. The summed E-state index contributed by atoms with van der Waals surface area (Å²) in [4.78, 5) is 9.00. The molecule has 0 fully saturated rings. The molecule has 4 aromatic carbocycles. The average molecular weight is 580 g/mol. The van der Waals surface area contributed by atoms with E-state index in [0.29, 0.717) is 0 Å². The SMILES string of the molecule is CC(=O)O.[Pd].c1ccc(P(CNCP(c2ccccc2)c2ccccc2)c2ccccc2)cc1. The van der Waals surface area contributed by atoms with Crippen molar-refractivity contribution in [2.75, 3.05) is 12.6 Å². The predicted molar refractivity (Wildman–Crippen MR) is 144 cm³/mol. The van der Waals surface area contributed by atoms with E-state index in [1.165, 1.54) is 21.2 Å². The summed E-state index contributed by atoms with van der Waals surface area (Å²) in [5.74, 6) is -0.833. The number of carbonyl (C=O) groups is 1. The zero-order valence-corrected chi connectivity index (χ0v) is 22.4. The van der Waals surface area contributed by atoms with E-state index < -0.39 is 21.8 Å². The van der Waals surface area contributed by atoms with E-state index in [-0.39, 0.29) is 20.4 Å². The summed E-state index contributed by atoms with van der Waals surface area (Å²) in [6.45, 7) is 1.08. The standard InChI is InChI=1S/C26H25NP2.C2H4O2.Pd/c1-5-13-23(14-6-1)28(24-15-7-2-8-16-24)21-27-22-29(25-17-9-3-10-18-25)26-19-11-4-12-20-26;1-2(3)4;/h1-20,27H,21-22H2;1H3,(H,3,4);. The summed E-state index contributed by atoms with van der Waals surface area (Å²) in [5, 5.41) is 16.9. The van der Waals surface area contributed by atoms with Crippen molar-refractivity contribution in [1.82, 2.24) is 5.32 Å². The van der Waals surface area contributed by atoms with E-state index in [2.05, 4.69) is 127 Å². The molecule has 0 amide bonds. The van der Waals surface area contributed by atoms with E-state index >= 15 is 0 Å². The van der Waals surface area contributed by atoms with Crippen LogP contribution in [0.25, 0.3) is 0 Å². The van der Waals surface area contributed by atoms with Crippen molar-refractivity contribution in [2.45, 2.75) is 6.92 Å². The van der Waals surface area contributed by atoms with Gasteiger partial charge in [0.2, 0.25) is 0 Å². The molecule has 4 aromatic rings. The molecule has 6 heteroatoms. The van der Waals surface area contributed by atoms with Crippen molar-refractivity contribution in [3.05, 3.63) is 121 Å². The van der Waals surface area contributed by atoms with Gasteiger partial charge in [-0.2, -0.15) is 0 Å². The molecule has 0 aromatic heterocycles. The van der Waals surface area contributed by atoms with Gasteiger partial charge in [0.05, 0.1) is 0 Å². The van der Waals surface area contributed by atoms with Gasteiger partial charge in [-0.25, -0.2) is 0 Å². The van der Waals surface area contributed by atoms with Crippen LogP contribution in [0.3, 0.4) is 0 Å². The van der Waals surface area contributed by atoms with Gasteiger partial charge >= 0.3 is 0 Å². The first-order valence-electron chi connectivity index (χ1n) is 10.8. The van der Waals surface area contributed by atoms with E-state index in [9.17, 15) is 0 Å². The zero-order valence-electron chi connectivity index (χ0n) is 19.0. The monoisotopic (exact) mass is 579 g/mol. The van der Waals surface area contributed by atoms with Crippen molar-refractivity contribution in [3.63, 3.8) is 0 Å². The third-order valence-corrected chi connectivity index (χ3v) is 9.58. The van der Waals surface area contributed by atoms with Crippen molar-refractivity contribution < 1.29 is 30.3 Å². The number of hydrogen-bond donors (Lipinski definition) is 2. The van der Waals surface area contributed by atoms with E-state index in [4.69, 9.17) is 9.90 Å². The molecule has 0 bridgehead atoms. The van der Waals surface area contributed by atoms with Crippen molar-refractivity contribution in [1.29, 1.82) is 0 Å². The Bertz CT molecular complexity index is 918. The van der Waals surface area contributed by atoms with Gasteiger partial charge in [-0.15, -0.1) is 0 Å². The minimum atomic E-state index is -0.833. The maximum absolute atomic E-state index is 9.00. The van der Waals surface area contributed by atoms with Crippen molar-refractivity contribution in [3.8, 4) is 0 Å². The number of nitrogens with one attached hydrogen (secondary N) is 1. The Labute approximate surface area is 218 Å². The first-order valence-corrected chi connectivity index (χ1v) is 13.9. The fraction of sp³-hybridized carbons (Fsp3) is 0.107. The second-order valence-corrected chi connectivity index (χ2v) is 11.7.